The van der Waals surface area contributed by atoms with E-state index in [9.17, 15) is 0 Å². The fourth-order valence-electron chi connectivity index (χ4n) is 2.58. The van der Waals surface area contributed by atoms with E-state index in [4.69, 9.17) is 16.3 Å². The monoisotopic (exact) mass is 428 g/mol. The molecule has 0 saturated heterocycles. The van der Waals surface area contributed by atoms with E-state index in [0.29, 0.717) is 0 Å². The van der Waals surface area contributed by atoms with E-state index in [1.54, 1.807) is 0 Å². The highest BCUT2D eigenvalue weighted by atomic mass is 79.9. The lowest BCUT2D eigenvalue weighted by atomic mass is 9.85. The van der Waals surface area contributed by atoms with Gasteiger partial charge in [-0.25, -0.2) is 0 Å². The van der Waals surface area contributed by atoms with Gasteiger partial charge in [-0.3, -0.25) is 0 Å². The fourth-order valence-corrected chi connectivity index (χ4v) is 4.32. The molecule has 0 aliphatic carbocycles. The summed E-state index contributed by atoms with van der Waals surface area (Å²) in [6.07, 6.45) is 0. The quantitative estimate of drug-likeness (QED) is 0.515. The molecule has 1 atom stereocenters. The van der Waals surface area contributed by atoms with Crippen molar-refractivity contribution in [2.75, 3.05) is 6.61 Å². The van der Waals surface area contributed by atoms with E-state index < -0.39 is 0 Å². The van der Waals surface area contributed by atoms with Gasteiger partial charge >= 0.3 is 0 Å². The molecule has 0 bridgehead atoms. The van der Waals surface area contributed by atoms with Crippen molar-refractivity contribution >= 4 is 43.5 Å². The number of fused-ring (bicyclic) bond motifs is 1. The molecule has 1 heterocycles. The Morgan fingerprint density at radius 2 is 1.90 bits per heavy atom. The Kier molecular flexibility index (Phi) is 4.10. The summed E-state index contributed by atoms with van der Waals surface area (Å²) in [5, 5.41) is -0.186. The van der Waals surface area contributed by atoms with Crippen LogP contribution in [-0.4, -0.2) is 6.61 Å². The Morgan fingerprint density at radius 3 is 2.62 bits per heavy atom. The second kappa shape index (κ2) is 5.60. The number of alkyl halides is 1. The third-order valence-corrected chi connectivity index (χ3v) is 5.52. The van der Waals surface area contributed by atoms with E-state index in [-0.39, 0.29) is 10.8 Å². The molecule has 0 amide bonds. The van der Waals surface area contributed by atoms with Crippen LogP contribution in [0.4, 0.5) is 0 Å². The van der Waals surface area contributed by atoms with Crippen LogP contribution in [0.25, 0.3) is 0 Å². The minimum atomic E-state index is -0.186. The van der Waals surface area contributed by atoms with Gasteiger partial charge in [0, 0.05) is 19.9 Å². The van der Waals surface area contributed by atoms with Crippen molar-refractivity contribution in [2.24, 2.45) is 0 Å². The highest BCUT2D eigenvalue weighted by Gasteiger charge is 2.32. The number of rotatable bonds is 2. The Balaban J connectivity index is 2.01. The van der Waals surface area contributed by atoms with Crippen LogP contribution in [0.2, 0.25) is 0 Å². The Morgan fingerprint density at radius 1 is 1.14 bits per heavy atom. The topological polar surface area (TPSA) is 9.23 Å². The Bertz CT molecular complexity index is 697. The molecule has 1 aliphatic rings. The van der Waals surface area contributed by atoms with Gasteiger partial charge in [-0.1, -0.05) is 57.8 Å². The molecule has 0 N–H and O–H groups in total. The van der Waals surface area contributed by atoms with E-state index in [1.807, 2.05) is 30.3 Å². The smallest absolute Gasteiger partial charge is 0.123 e. The number of halogens is 3. The van der Waals surface area contributed by atoms with Crippen molar-refractivity contribution in [3.8, 4) is 5.75 Å². The summed E-state index contributed by atoms with van der Waals surface area (Å²) in [5.74, 6) is 0.975. The molecule has 0 aromatic heterocycles. The minimum absolute atomic E-state index is 0.0406. The summed E-state index contributed by atoms with van der Waals surface area (Å²) in [7, 11) is 0. The van der Waals surface area contributed by atoms with E-state index in [2.05, 4.69) is 51.8 Å². The molecule has 3 rings (SSSR count). The molecule has 21 heavy (non-hydrogen) atoms. The molecule has 0 saturated carbocycles. The second-order valence-electron chi connectivity index (χ2n) is 5.96. The van der Waals surface area contributed by atoms with Crippen LogP contribution < -0.4 is 4.74 Å². The fraction of sp³-hybridized carbons (Fsp3) is 0.294. The summed E-state index contributed by atoms with van der Waals surface area (Å²) in [6.45, 7) is 5.11. The average molecular weight is 431 g/mol. The van der Waals surface area contributed by atoms with Crippen molar-refractivity contribution in [3.05, 3.63) is 62.0 Å². The van der Waals surface area contributed by atoms with Gasteiger partial charge in [0.1, 0.15) is 5.75 Å². The predicted molar refractivity (Wildman–Crippen MR) is 94.5 cm³/mol. The maximum Gasteiger partial charge on any atom is 0.123 e. The van der Waals surface area contributed by atoms with Gasteiger partial charge in [0.25, 0.3) is 0 Å². The highest BCUT2D eigenvalue weighted by molar-refractivity contribution is 9.11. The van der Waals surface area contributed by atoms with Gasteiger partial charge in [-0.2, -0.15) is 0 Å². The van der Waals surface area contributed by atoms with Crippen molar-refractivity contribution in [1.29, 1.82) is 0 Å². The highest BCUT2D eigenvalue weighted by Crippen LogP contribution is 2.42. The van der Waals surface area contributed by atoms with Gasteiger partial charge in [0.05, 0.1) is 12.0 Å². The first kappa shape index (κ1) is 15.4. The molecule has 110 valence electrons. The van der Waals surface area contributed by atoms with Gasteiger partial charge in [-0.05, 0) is 35.4 Å². The summed E-state index contributed by atoms with van der Waals surface area (Å²) in [4.78, 5) is 0. The molecule has 0 fully saturated rings. The van der Waals surface area contributed by atoms with Crippen LogP contribution in [0.15, 0.2) is 45.3 Å². The Hall–Kier alpha value is -0.510. The largest absolute Gasteiger partial charge is 0.492 e. The minimum Gasteiger partial charge on any atom is -0.492 e. The number of hydrogen-bond acceptors (Lipinski definition) is 1. The molecule has 1 unspecified atom stereocenters. The zero-order chi connectivity index (χ0) is 15.2. The molecular formula is C17H15Br2ClO. The average Bonchev–Trinajstić information content (AvgIpc) is 2.74. The normalized spacial score (nSPS) is 17.2. The van der Waals surface area contributed by atoms with Crippen LogP contribution >= 0.6 is 43.5 Å². The first-order valence-corrected chi connectivity index (χ1v) is 8.77. The summed E-state index contributed by atoms with van der Waals surface area (Å²) in [6, 6.07) is 12.3. The van der Waals surface area contributed by atoms with Crippen molar-refractivity contribution < 1.29 is 4.74 Å². The van der Waals surface area contributed by atoms with Gasteiger partial charge in [0.15, 0.2) is 0 Å². The molecule has 1 aliphatic heterocycles. The van der Waals surface area contributed by atoms with Gasteiger partial charge < -0.3 is 4.74 Å². The zero-order valence-corrected chi connectivity index (χ0v) is 15.7. The lowest BCUT2D eigenvalue weighted by Crippen LogP contribution is -2.18. The number of benzene rings is 2. The predicted octanol–water partition coefficient (Wildman–Crippen LogP) is 6.21. The Labute approximate surface area is 146 Å². The second-order valence-corrected chi connectivity index (χ2v) is 8.16. The van der Waals surface area contributed by atoms with Crippen molar-refractivity contribution in [3.63, 3.8) is 0 Å². The molecule has 0 radical (unpaired) electrons. The molecule has 2 aromatic rings. The first-order chi connectivity index (χ1) is 9.88. The van der Waals surface area contributed by atoms with Crippen molar-refractivity contribution in [2.45, 2.75) is 24.6 Å². The van der Waals surface area contributed by atoms with E-state index in [1.165, 1.54) is 5.56 Å². The maximum absolute atomic E-state index is 6.70. The third-order valence-electron chi connectivity index (χ3n) is 3.85. The lowest BCUT2D eigenvalue weighted by molar-refractivity contribution is 0.291. The third kappa shape index (κ3) is 2.88. The summed E-state index contributed by atoms with van der Waals surface area (Å²) in [5.41, 5.74) is 3.44. The molecule has 1 nitrogen and oxygen atoms in total. The zero-order valence-electron chi connectivity index (χ0n) is 11.8. The van der Waals surface area contributed by atoms with Crippen LogP contribution in [0.1, 0.15) is 35.9 Å². The van der Waals surface area contributed by atoms with E-state index in [0.717, 1.165) is 32.4 Å². The molecule has 4 heteroatoms. The van der Waals surface area contributed by atoms with Crippen LogP contribution in [0, 0.1) is 0 Å². The SMILES string of the molecule is CC1(C)COc2ccc(C(Cl)c3ccc(Br)cc3Br)cc21. The standard InChI is InChI=1S/C17H15Br2ClO/c1-17(2)9-21-15-6-3-10(7-13(15)17)16(20)12-5-4-11(18)8-14(12)19/h3-8,16H,9H2,1-2H3. The summed E-state index contributed by atoms with van der Waals surface area (Å²) >= 11 is 13.8. The number of ether oxygens (including phenoxy) is 1. The number of hydrogen-bond donors (Lipinski definition) is 0. The van der Waals surface area contributed by atoms with Gasteiger partial charge in [-0.15, -0.1) is 11.6 Å². The van der Waals surface area contributed by atoms with Crippen LogP contribution in [0.5, 0.6) is 5.75 Å². The summed E-state index contributed by atoms with van der Waals surface area (Å²) < 4.78 is 7.78. The van der Waals surface area contributed by atoms with Gasteiger partial charge in [0.2, 0.25) is 0 Å². The molecular weight excluding hydrogens is 415 g/mol. The van der Waals surface area contributed by atoms with E-state index >= 15 is 0 Å². The molecule has 2 aromatic carbocycles. The van der Waals surface area contributed by atoms with Crippen LogP contribution in [0.3, 0.4) is 0 Å². The lowest BCUT2D eigenvalue weighted by Gasteiger charge is -2.18. The maximum atomic E-state index is 6.70. The van der Waals surface area contributed by atoms with Crippen LogP contribution in [-0.2, 0) is 5.41 Å². The first-order valence-electron chi connectivity index (χ1n) is 6.75. The molecule has 0 spiro atoms. The van der Waals surface area contributed by atoms with Crippen molar-refractivity contribution in [1.82, 2.24) is 0 Å².